The molecule has 1 saturated heterocycles. The first-order valence-electron chi connectivity index (χ1n) is 6.05. The lowest BCUT2D eigenvalue weighted by Crippen LogP contribution is -2.30. The Hall–Kier alpha value is -1.83. The van der Waals surface area contributed by atoms with Crippen LogP contribution in [0.25, 0.3) is 0 Å². The maximum absolute atomic E-state index is 10.4. The van der Waals surface area contributed by atoms with E-state index in [0.717, 1.165) is 6.42 Å². The molecule has 8 heteroatoms. The summed E-state index contributed by atoms with van der Waals surface area (Å²) >= 11 is 0. The molecule has 1 heterocycles. The average molecular weight is 274 g/mol. The van der Waals surface area contributed by atoms with Crippen LogP contribution in [0, 0.1) is 5.92 Å². The molecule has 2 atom stereocenters. The number of cyclic esters (lactones) is 1. The first-order valence-corrected chi connectivity index (χ1v) is 6.05. The molecule has 0 aromatic rings. The maximum atomic E-state index is 10.4. The van der Waals surface area contributed by atoms with Crippen molar-refractivity contribution in [2.24, 2.45) is 28.1 Å². The maximum Gasteiger partial charge on any atom is 0.320 e. The van der Waals surface area contributed by atoms with Crippen molar-refractivity contribution in [1.29, 1.82) is 0 Å². The summed E-state index contributed by atoms with van der Waals surface area (Å²) in [4.78, 5) is 24.2. The zero-order valence-electron chi connectivity index (χ0n) is 11.0. The third kappa shape index (κ3) is 8.83. The van der Waals surface area contributed by atoms with E-state index in [4.69, 9.17) is 22.3 Å². The van der Waals surface area contributed by atoms with E-state index >= 15 is 0 Å². The number of nitrogens with zero attached hydrogens (tertiary/aromatic N) is 1. The number of aliphatic imine (C=N–C) groups is 1. The fraction of sp³-hybridized carbons (Fsp3) is 0.727. The van der Waals surface area contributed by atoms with Gasteiger partial charge in [-0.25, -0.2) is 0 Å². The van der Waals surface area contributed by atoms with Crippen LogP contribution in [-0.4, -0.2) is 42.2 Å². The van der Waals surface area contributed by atoms with Crippen molar-refractivity contribution in [2.75, 3.05) is 13.2 Å². The molecule has 0 aromatic heterocycles. The zero-order valence-corrected chi connectivity index (χ0v) is 11.0. The molecule has 1 rings (SSSR count). The molecular formula is C11H22N4O4. The number of carboxylic acids is 1. The molecule has 1 unspecified atom stereocenters. The second-order valence-electron chi connectivity index (χ2n) is 4.25. The lowest BCUT2D eigenvalue weighted by molar-refractivity contribution is -0.141. The number of nitrogens with two attached hydrogens (primary N) is 3. The quantitative estimate of drug-likeness (QED) is 0.217. The average Bonchev–Trinajstić information content (AvgIpc) is 2.69. The molecule has 110 valence electrons. The third-order valence-electron chi connectivity index (χ3n) is 2.48. The Balaban J connectivity index is 0.000000388. The molecule has 1 aliphatic rings. The number of carbonyl (C=O) groups is 2. The highest BCUT2D eigenvalue weighted by molar-refractivity contribution is 5.75. The minimum Gasteiger partial charge on any atom is -0.480 e. The van der Waals surface area contributed by atoms with Crippen molar-refractivity contribution in [2.45, 2.75) is 32.2 Å². The van der Waals surface area contributed by atoms with Gasteiger partial charge < -0.3 is 27.0 Å². The largest absolute Gasteiger partial charge is 0.480 e. The standard InChI is InChI=1S/C6H14N4O2.C5H8O2/c7-4(5(11)12)2-1-3-10-6(8)9;1-4-2-3-7-5(4)6/h4H,1-3,7H2,(H,11,12)(H4,8,9,10);4H,2-3H2,1H3/t4-;/m0./s1. The Morgan fingerprint density at radius 2 is 2.21 bits per heavy atom. The monoisotopic (exact) mass is 274 g/mol. The Kier molecular flexibility index (Phi) is 8.27. The molecule has 0 saturated carbocycles. The number of guanidine groups is 1. The molecule has 0 aromatic carbocycles. The Morgan fingerprint density at radius 1 is 1.58 bits per heavy atom. The predicted molar refractivity (Wildman–Crippen MR) is 70.3 cm³/mol. The molecule has 0 bridgehead atoms. The van der Waals surface area contributed by atoms with Gasteiger partial charge >= 0.3 is 11.9 Å². The first kappa shape index (κ1) is 17.2. The van der Waals surface area contributed by atoms with Gasteiger partial charge in [-0.05, 0) is 19.3 Å². The molecule has 0 spiro atoms. The van der Waals surface area contributed by atoms with Gasteiger partial charge in [0.2, 0.25) is 0 Å². The van der Waals surface area contributed by atoms with Crippen LogP contribution in [0.1, 0.15) is 26.2 Å². The highest BCUT2D eigenvalue weighted by Gasteiger charge is 2.20. The number of carbonyl (C=O) groups excluding carboxylic acids is 1. The van der Waals surface area contributed by atoms with E-state index in [-0.39, 0.29) is 17.8 Å². The highest BCUT2D eigenvalue weighted by atomic mass is 16.5. The summed E-state index contributed by atoms with van der Waals surface area (Å²) in [6.45, 7) is 2.93. The summed E-state index contributed by atoms with van der Waals surface area (Å²) in [7, 11) is 0. The van der Waals surface area contributed by atoms with Gasteiger partial charge in [0, 0.05) is 6.54 Å². The Bertz CT molecular complexity index is 329. The molecule has 8 nitrogen and oxygen atoms in total. The van der Waals surface area contributed by atoms with Crippen molar-refractivity contribution >= 4 is 17.9 Å². The minimum atomic E-state index is -1.00. The lowest BCUT2D eigenvalue weighted by atomic mass is 10.2. The zero-order chi connectivity index (χ0) is 14.8. The SMILES string of the molecule is CC1CCOC1=O.NC(N)=NCCC[C@H](N)C(=O)O. The van der Waals surface area contributed by atoms with Crippen molar-refractivity contribution in [3.05, 3.63) is 0 Å². The molecule has 0 amide bonds. The van der Waals surface area contributed by atoms with Crippen LogP contribution >= 0.6 is 0 Å². The van der Waals surface area contributed by atoms with Gasteiger partial charge in [0.15, 0.2) is 5.96 Å². The number of hydrogen-bond acceptors (Lipinski definition) is 5. The second kappa shape index (κ2) is 9.15. The van der Waals surface area contributed by atoms with Crippen LogP contribution in [0.3, 0.4) is 0 Å². The van der Waals surface area contributed by atoms with E-state index in [1.165, 1.54) is 0 Å². The van der Waals surface area contributed by atoms with E-state index in [2.05, 4.69) is 9.73 Å². The van der Waals surface area contributed by atoms with Gasteiger partial charge in [-0.1, -0.05) is 6.92 Å². The van der Waals surface area contributed by atoms with Gasteiger partial charge in [0.1, 0.15) is 6.04 Å². The fourth-order valence-electron chi connectivity index (χ4n) is 1.24. The summed E-state index contributed by atoms with van der Waals surface area (Å²) < 4.78 is 4.63. The van der Waals surface area contributed by atoms with Crippen molar-refractivity contribution in [1.82, 2.24) is 0 Å². The molecule has 0 aliphatic carbocycles. The molecule has 1 fully saturated rings. The number of ether oxygens (including phenoxy) is 1. The summed E-state index contributed by atoms with van der Waals surface area (Å²) in [6, 6.07) is -0.820. The van der Waals surface area contributed by atoms with Crippen LogP contribution in [0.15, 0.2) is 4.99 Å². The molecule has 19 heavy (non-hydrogen) atoms. The summed E-state index contributed by atoms with van der Waals surface area (Å²) in [5.41, 5.74) is 15.3. The number of esters is 1. The topological polar surface area (TPSA) is 154 Å². The van der Waals surface area contributed by atoms with Crippen LogP contribution in [0.2, 0.25) is 0 Å². The Labute approximate surface area is 112 Å². The Morgan fingerprint density at radius 3 is 2.53 bits per heavy atom. The lowest BCUT2D eigenvalue weighted by Gasteiger charge is -2.03. The van der Waals surface area contributed by atoms with Crippen molar-refractivity contribution < 1.29 is 19.4 Å². The second-order valence-corrected chi connectivity index (χ2v) is 4.25. The van der Waals surface area contributed by atoms with E-state index in [9.17, 15) is 9.59 Å². The number of carboxylic acid groups (broad SMARTS) is 1. The number of rotatable bonds is 5. The third-order valence-corrected chi connectivity index (χ3v) is 2.48. The van der Waals surface area contributed by atoms with Gasteiger partial charge in [0.05, 0.1) is 12.5 Å². The van der Waals surface area contributed by atoms with E-state index in [1.54, 1.807) is 0 Å². The van der Waals surface area contributed by atoms with Gasteiger partial charge in [-0.3, -0.25) is 14.6 Å². The smallest absolute Gasteiger partial charge is 0.320 e. The normalized spacial score (nSPS) is 18.8. The van der Waals surface area contributed by atoms with Crippen LogP contribution < -0.4 is 17.2 Å². The van der Waals surface area contributed by atoms with E-state index in [0.29, 0.717) is 26.0 Å². The summed E-state index contributed by atoms with van der Waals surface area (Å²) in [5.74, 6) is -0.876. The predicted octanol–water partition coefficient (Wildman–Crippen LogP) is -0.979. The van der Waals surface area contributed by atoms with Crippen LogP contribution in [0.4, 0.5) is 0 Å². The summed E-state index contributed by atoms with van der Waals surface area (Å²) in [5, 5.41) is 8.38. The fourth-order valence-corrected chi connectivity index (χ4v) is 1.24. The van der Waals surface area contributed by atoms with E-state index in [1.807, 2.05) is 6.92 Å². The molecule has 1 aliphatic heterocycles. The number of aliphatic carboxylic acids is 1. The van der Waals surface area contributed by atoms with Crippen molar-refractivity contribution in [3.63, 3.8) is 0 Å². The molecular weight excluding hydrogens is 252 g/mol. The van der Waals surface area contributed by atoms with Gasteiger partial charge in [-0.15, -0.1) is 0 Å². The van der Waals surface area contributed by atoms with Crippen LogP contribution in [-0.2, 0) is 14.3 Å². The van der Waals surface area contributed by atoms with E-state index < -0.39 is 12.0 Å². The van der Waals surface area contributed by atoms with Gasteiger partial charge in [-0.2, -0.15) is 0 Å². The van der Waals surface area contributed by atoms with Crippen LogP contribution in [0.5, 0.6) is 0 Å². The van der Waals surface area contributed by atoms with Crippen molar-refractivity contribution in [3.8, 4) is 0 Å². The molecule has 0 radical (unpaired) electrons. The van der Waals surface area contributed by atoms with Gasteiger partial charge in [0.25, 0.3) is 0 Å². The first-order chi connectivity index (χ1) is 8.84. The minimum absolute atomic E-state index is 0.0129. The molecule has 7 N–H and O–H groups in total. The number of hydrogen-bond donors (Lipinski definition) is 4. The summed E-state index contributed by atoms with van der Waals surface area (Å²) in [6.07, 6.45) is 1.86. The highest BCUT2D eigenvalue weighted by Crippen LogP contribution is 2.11.